The van der Waals surface area contributed by atoms with Gasteiger partial charge in [0, 0.05) is 12.0 Å². The number of esters is 1. The first-order valence-corrected chi connectivity index (χ1v) is 8.47. The molecule has 0 heterocycles. The van der Waals surface area contributed by atoms with Crippen LogP contribution in [-0.4, -0.2) is 25.5 Å². The predicted molar refractivity (Wildman–Crippen MR) is 101 cm³/mol. The van der Waals surface area contributed by atoms with Gasteiger partial charge in [0.05, 0.1) is 7.11 Å². The molecular weight excluding hydrogens is 328 g/mol. The molecule has 0 radical (unpaired) electrons. The summed E-state index contributed by atoms with van der Waals surface area (Å²) in [5.41, 5.74) is 1.51. The van der Waals surface area contributed by atoms with Crippen molar-refractivity contribution < 1.29 is 19.1 Å². The second-order valence-corrected chi connectivity index (χ2v) is 5.92. The lowest BCUT2D eigenvalue weighted by Crippen LogP contribution is -2.15. The van der Waals surface area contributed by atoms with Gasteiger partial charge in [0.1, 0.15) is 5.75 Å². The Bertz CT molecular complexity index is 925. The predicted octanol–water partition coefficient (Wildman–Crippen LogP) is 4.21. The fourth-order valence-electron chi connectivity index (χ4n) is 2.91. The normalized spacial score (nSPS) is 10.5. The molecule has 132 valence electrons. The van der Waals surface area contributed by atoms with Crippen LogP contribution in [0.3, 0.4) is 0 Å². The second kappa shape index (κ2) is 8.30. The van der Waals surface area contributed by atoms with Gasteiger partial charge in [-0.05, 0) is 28.8 Å². The number of carbonyl (C=O) groups excluding carboxylic acids is 2. The molecule has 0 amide bonds. The van der Waals surface area contributed by atoms with E-state index in [2.05, 4.69) is 0 Å². The summed E-state index contributed by atoms with van der Waals surface area (Å²) in [4.78, 5) is 24.4. The van der Waals surface area contributed by atoms with E-state index in [1.807, 2.05) is 60.7 Å². The number of para-hydroxylation sites is 1. The fraction of sp³-hybridized carbons (Fsp3) is 0.182. The molecule has 0 saturated carbocycles. The molecule has 0 fully saturated rings. The topological polar surface area (TPSA) is 52.6 Å². The number of Topliss-reactive ketones (excluding diaryl/α,β-unsaturated/α-hetero) is 1. The van der Waals surface area contributed by atoms with E-state index in [0.717, 1.165) is 22.1 Å². The van der Waals surface area contributed by atoms with Gasteiger partial charge in [0.15, 0.2) is 6.61 Å². The lowest BCUT2D eigenvalue weighted by molar-refractivity contribution is -0.142. The lowest BCUT2D eigenvalue weighted by atomic mass is 10.0. The number of benzene rings is 3. The van der Waals surface area contributed by atoms with Crippen LogP contribution in [-0.2, 0) is 16.0 Å². The van der Waals surface area contributed by atoms with Crippen LogP contribution in [0.1, 0.15) is 22.3 Å². The van der Waals surface area contributed by atoms with Crippen LogP contribution < -0.4 is 4.74 Å². The van der Waals surface area contributed by atoms with E-state index in [9.17, 15) is 9.59 Å². The highest BCUT2D eigenvalue weighted by molar-refractivity contribution is 6.09. The third-order valence-electron chi connectivity index (χ3n) is 4.25. The number of ether oxygens (including phenoxy) is 2. The highest BCUT2D eigenvalue weighted by atomic mass is 16.5. The number of ketones is 1. The van der Waals surface area contributed by atoms with Crippen molar-refractivity contribution >= 4 is 22.5 Å². The SMILES string of the molecule is COc1ccccc1CCC(=O)OCC(=O)c1cccc2ccccc12. The van der Waals surface area contributed by atoms with Crippen molar-refractivity contribution in [3.8, 4) is 5.75 Å². The third kappa shape index (κ3) is 4.09. The van der Waals surface area contributed by atoms with Crippen LogP contribution in [0.15, 0.2) is 66.7 Å². The maximum atomic E-state index is 12.4. The Morgan fingerprint density at radius 3 is 2.46 bits per heavy atom. The van der Waals surface area contributed by atoms with E-state index in [1.54, 1.807) is 13.2 Å². The van der Waals surface area contributed by atoms with Crippen molar-refractivity contribution in [2.45, 2.75) is 12.8 Å². The fourth-order valence-corrected chi connectivity index (χ4v) is 2.91. The van der Waals surface area contributed by atoms with Gasteiger partial charge in [-0.2, -0.15) is 0 Å². The first-order chi connectivity index (χ1) is 12.7. The third-order valence-corrected chi connectivity index (χ3v) is 4.25. The highest BCUT2D eigenvalue weighted by Crippen LogP contribution is 2.20. The summed E-state index contributed by atoms with van der Waals surface area (Å²) in [5, 5.41) is 1.85. The molecule has 0 bridgehead atoms. The number of rotatable bonds is 7. The number of hydrogen-bond donors (Lipinski definition) is 0. The summed E-state index contributed by atoms with van der Waals surface area (Å²) in [5.74, 6) is 0.143. The molecule has 3 aromatic rings. The standard InChI is InChI=1S/C22H20O4/c1-25-21-12-5-3-8-17(21)13-14-22(24)26-15-20(23)19-11-6-9-16-7-2-4-10-18(16)19/h2-12H,13-15H2,1H3. The minimum Gasteiger partial charge on any atom is -0.496 e. The zero-order valence-electron chi connectivity index (χ0n) is 14.6. The van der Waals surface area contributed by atoms with Gasteiger partial charge >= 0.3 is 5.97 Å². The van der Waals surface area contributed by atoms with E-state index in [0.29, 0.717) is 12.0 Å². The van der Waals surface area contributed by atoms with Crippen LogP contribution in [0.4, 0.5) is 0 Å². The van der Waals surface area contributed by atoms with Crippen LogP contribution in [0, 0.1) is 0 Å². The van der Waals surface area contributed by atoms with Crippen molar-refractivity contribution in [2.75, 3.05) is 13.7 Å². The van der Waals surface area contributed by atoms with Crippen molar-refractivity contribution in [1.82, 2.24) is 0 Å². The Labute approximate surface area is 152 Å². The van der Waals surface area contributed by atoms with Crippen molar-refractivity contribution in [3.63, 3.8) is 0 Å². The molecule has 3 rings (SSSR count). The first-order valence-electron chi connectivity index (χ1n) is 8.47. The molecule has 4 nitrogen and oxygen atoms in total. The first kappa shape index (κ1) is 17.7. The largest absolute Gasteiger partial charge is 0.496 e. The Morgan fingerprint density at radius 2 is 1.62 bits per heavy atom. The van der Waals surface area contributed by atoms with Gasteiger partial charge in [-0.3, -0.25) is 9.59 Å². The summed E-state index contributed by atoms with van der Waals surface area (Å²) in [6, 6.07) is 20.7. The van der Waals surface area contributed by atoms with Crippen LogP contribution in [0.25, 0.3) is 10.8 Å². The van der Waals surface area contributed by atoms with Gasteiger partial charge < -0.3 is 9.47 Å². The van der Waals surface area contributed by atoms with Gasteiger partial charge in [-0.1, -0.05) is 60.7 Å². The number of hydrogen-bond acceptors (Lipinski definition) is 4. The number of fused-ring (bicyclic) bond motifs is 1. The van der Waals surface area contributed by atoms with Gasteiger partial charge in [0.2, 0.25) is 5.78 Å². The molecule has 0 aliphatic rings. The van der Waals surface area contributed by atoms with E-state index in [-0.39, 0.29) is 18.8 Å². The van der Waals surface area contributed by atoms with Crippen LogP contribution in [0.2, 0.25) is 0 Å². The van der Waals surface area contributed by atoms with E-state index < -0.39 is 5.97 Å². The van der Waals surface area contributed by atoms with Crippen molar-refractivity contribution in [3.05, 3.63) is 77.9 Å². The summed E-state index contributed by atoms with van der Waals surface area (Å²) in [6.07, 6.45) is 0.703. The Kier molecular flexibility index (Phi) is 5.64. The number of aryl methyl sites for hydroxylation is 1. The molecule has 3 aromatic carbocycles. The van der Waals surface area contributed by atoms with Gasteiger partial charge in [0.25, 0.3) is 0 Å². The zero-order chi connectivity index (χ0) is 18.4. The summed E-state index contributed by atoms with van der Waals surface area (Å²) >= 11 is 0. The minimum absolute atomic E-state index is 0.198. The smallest absolute Gasteiger partial charge is 0.306 e. The van der Waals surface area contributed by atoms with Gasteiger partial charge in [-0.25, -0.2) is 0 Å². The minimum atomic E-state index is -0.399. The van der Waals surface area contributed by atoms with Gasteiger partial charge in [-0.15, -0.1) is 0 Å². The lowest BCUT2D eigenvalue weighted by Gasteiger charge is -2.09. The Hall–Kier alpha value is -3.14. The maximum Gasteiger partial charge on any atom is 0.306 e. The van der Waals surface area contributed by atoms with E-state index in [4.69, 9.17) is 9.47 Å². The molecule has 4 heteroatoms. The molecule has 0 spiro atoms. The monoisotopic (exact) mass is 348 g/mol. The molecule has 0 aromatic heterocycles. The summed E-state index contributed by atoms with van der Waals surface area (Å²) in [7, 11) is 1.60. The Balaban J connectivity index is 1.58. The average Bonchev–Trinajstić information content (AvgIpc) is 2.70. The second-order valence-electron chi connectivity index (χ2n) is 5.92. The van der Waals surface area contributed by atoms with E-state index >= 15 is 0 Å². The average molecular weight is 348 g/mol. The van der Waals surface area contributed by atoms with Crippen molar-refractivity contribution in [2.24, 2.45) is 0 Å². The molecule has 26 heavy (non-hydrogen) atoms. The maximum absolute atomic E-state index is 12.4. The molecule has 0 unspecified atom stereocenters. The zero-order valence-corrected chi connectivity index (χ0v) is 14.6. The number of methoxy groups -OCH3 is 1. The highest BCUT2D eigenvalue weighted by Gasteiger charge is 2.13. The molecule has 0 aliphatic heterocycles. The molecular formula is C22H20O4. The summed E-state index contributed by atoms with van der Waals surface area (Å²) in [6.45, 7) is -0.251. The molecule has 0 aliphatic carbocycles. The number of carbonyl (C=O) groups is 2. The van der Waals surface area contributed by atoms with Crippen LogP contribution in [0.5, 0.6) is 5.75 Å². The summed E-state index contributed by atoms with van der Waals surface area (Å²) < 4.78 is 10.4. The molecule has 0 N–H and O–H groups in total. The Morgan fingerprint density at radius 1 is 0.885 bits per heavy atom. The van der Waals surface area contributed by atoms with Crippen LogP contribution >= 0.6 is 0 Å². The van der Waals surface area contributed by atoms with Crippen molar-refractivity contribution in [1.29, 1.82) is 0 Å². The quantitative estimate of drug-likeness (QED) is 0.474. The van der Waals surface area contributed by atoms with E-state index in [1.165, 1.54) is 0 Å². The molecule has 0 saturated heterocycles. The molecule has 0 atom stereocenters.